The van der Waals surface area contributed by atoms with Crippen LogP contribution >= 0.6 is 31.9 Å². The summed E-state index contributed by atoms with van der Waals surface area (Å²) in [4.78, 5) is 0.0540. The fourth-order valence-corrected chi connectivity index (χ4v) is 3.91. The van der Waals surface area contributed by atoms with E-state index in [0.29, 0.717) is 5.69 Å². The molecule has 4 nitrogen and oxygen atoms in total. The van der Waals surface area contributed by atoms with E-state index in [2.05, 4.69) is 36.6 Å². The maximum Gasteiger partial charge on any atom is 0.263 e. The van der Waals surface area contributed by atoms with Crippen LogP contribution in [0.3, 0.4) is 0 Å². The highest BCUT2D eigenvalue weighted by Gasteiger charge is 2.18. The number of nitrogens with one attached hydrogen (secondary N) is 1. The molecule has 0 atom stereocenters. The number of benzene rings is 2. The van der Waals surface area contributed by atoms with Gasteiger partial charge in [0.1, 0.15) is 4.90 Å². The molecule has 3 N–H and O–H groups in total. The predicted octanol–water partition coefficient (Wildman–Crippen LogP) is 3.90. The summed E-state index contributed by atoms with van der Waals surface area (Å²) >= 11 is 6.58. The molecule has 0 radical (unpaired) electrons. The van der Waals surface area contributed by atoms with Gasteiger partial charge in [0.2, 0.25) is 0 Å². The molecule has 2 aromatic carbocycles. The zero-order valence-electron chi connectivity index (χ0n) is 10.5. The lowest BCUT2D eigenvalue weighted by Crippen LogP contribution is -2.14. The van der Waals surface area contributed by atoms with Crippen LogP contribution in [0.5, 0.6) is 0 Å². The molecular weight excluding hydrogens is 408 g/mol. The smallest absolute Gasteiger partial charge is 0.263 e. The molecule has 2 rings (SSSR count). The second kappa shape index (κ2) is 5.75. The molecule has 2 aromatic rings. The molecule has 0 aromatic heterocycles. The van der Waals surface area contributed by atoms with Crippen LogP contribution in [0.1, 0.15) is 5.56 Å². The molecule has 20 heavy (non-hydrogen) atoms. The summed E-state index contributed by atoms with van der Waals surface area (Å²) in [5.74, 6) is 0. The first kappa shape index (κ1) is 15.3. The normalized spacial score (nSPS) is 11.3. The van der Waals surface area contributed by atoms with Gasteiger partial charge in [-0.3, -0.25) is 4.72 Å². The number of halogens is 2. The summed E-state index contributed by atoms with van der Waals surface area (Å²) < 4.78 is 28.7. The first-order valence-corrected chi connectivity index (χ1v) is 8.70. The molecule has 0 heterocycles. The van der Waals surface area contributed by atoms with Gasteiger partial charge in [0.15, 0.2) is 0 Å². The van der Waals surface area contributed by atoms with Crippen molar-refractivity contribution in [2.75, 3.05) is 10.5 Å². The van der Waals surface area contributed by atoms with Crippen LogP contribution < -0.4 is 10.5 Å². The average molecular weight is 420 g/mol. The third-order valence-corrected chi connectivity index (χ3v) is 4.96. The van der Waals surface area contributed by atoms with Gasteiger partial charge in [-0.1, -0.05) is 31.9 Å². The van der Waals surface area contributed by atoms with Crippen molar-refractivity contribution in [3.63, 3.8) is 0 Å². The van der Waals surface area contributed by atoms with Crippen LogP contribution in [-0.4, -0.2) is 8.42 Å². The largest absolute Gasteiger partial charge is 0.398 e. The van der Waals surface area contributed by atoms with E-state index in [9.17, 15) is 8.42 Å². The van der Waals surface area contributed by atoms with E-state index in [1.54, 1.807) is 24.3 Å². The Balaban J connectivity index is 2.40. The molecule has 0 spiro atoms. The third kappa shape index (κ3) is 3.53. The van der Waals surface area contributed by atoms with Crippen molar-refractivity contribution in [2.24, 2.45) is 0 Å². The Hall–Kier alpha value is -1.05. The Morgan fingerprint density at radius 1 is 1.05 bits per heavy atom. The SMILES string of the molecule is Cc1cc(Br)cc(NS(=O)(=O)c2ccc(Br)cc2N)c1. The second-order valence-electron chi connectivity index (χ2n) is 4.30. The summed E-state index contributed by atoms with van der Waals surface area (Å²) in [7, 11) is -3.71. The number of nitrogens with two attached hydrogens (primary N) is 1. The van der Waals surface area contributed by atoms with Crippen LogP contribution in [0, 0.1) is 6.92 Å². The van der Waals surface area contributed by atoms with Crippen LogP contribution in [0.4, 0.5) is 11.4 Å². The second-order valence-corrected chi connectivity index (χ2v) is 7.79. The lowest BCUT2D eigenvalue weighted by Gasteiger charge is -2.11. The van der Waals surface area contributed by atoms with Crippen molar-refractivity contribution in [2.45, 2.75) is 11.8 Å². The van der Waals surface area contributed by atoms with E-state index in [-0.39, 0.29) is 10.6 Å². The van der Waals surface area contributed by atoms with Crippen molar-refractivity contribution in [1.82, 2.24) is 0 Å². The van der Waals surface area contributed by atoms with E-state index in [1.807, 2.05) is 13.0 Å². The number of nitrogen functional groups attached to an aromatic ring is 1. The quantitative estimate of drug-likeness (QED) is 0.741. The van der Waals surface area contributed by atoms with E-state index < -0.39 is 10.0 Å². The summed E-state index contributed by atoms with van der Waals surface area (Å²) in [6, 6.07) is 9.99. The van der Waals surface area contributed by atoms with Crippen molar-refractivity contribution in [3.8, 4) is 0 Å². The minimum absolute atomic E-state index is 0.0540. The van der Waals surface area contributed by atoms with Gasteiger partial charge < -0.3 is 5.73 Å². The Kier molecular flexibility index (Phi) is 4.41. The van der Waals surface area contributed by atoms with Gasteiger partial charge in [0, 0.05) is 8.95 Å². The number of aryl methyl sites for hydroxylation is 1. The Bertz CT molecular complexity index is 741. The molecule has 0 amide bonds. The van der Waals surface area contributed by atoms with Crippen molar-refractivity contribution in [1.29, 1.82) is 0 Å². The highest BCUT2D eigenvalue weighted by atomic mass is 79.9. The number of sulfonamides is 1. The molecular formula is C13H12Br2N2O2S. The molecule has 0 bridgehead atoms. The molecule has 0 aliphatic rings. The molecule has 0 unspecified atom stereocenters. The molecule has 0 aliphatic heterocycles. The van der Waals surface area contributed by atoms with Gasteiger partial charge in [0.25, 0.3) is 10.0 Å². The van der Waals surface area contributed by atoms with E-state index in [1.165, 1.54) is 6.07 Å². The van der Waals surface area contributed by atoms with Crippen molar-refractivity contribution in [3.05, 3.63) is 50.9 Å². The Labute approximate surface area is 134 Å². The van der Waals surface area contributed by atoms with Crippen molar-refractivity contribution < 1.29 is 8.42 Å². The maximum atomic E-state index is 12.3. The van der Waals surface area contributed by atoms with Gasteiger partial charge in [-0.25, -0.2) is 8.42 Å². The molecule has 0 fully saturated rings. The van der Waals surface area contributed by atoms with Crippen molar-refractivity contribution >= 4 is 53.3 Å². The Morgan fingerprint density at radius 2 is 1.75 bits per heavy atom. The first-order valence-electron chi connectivity index (χ1n) is 5.63. The van der Waals surface area contributed by atoms with E-state index >= 15 is 0 Å². The fraction of sp³-hybridized carbons (Fsp3) is 0.0769. The number of rotatable bonds is 3. The zero-order valence-corrected chi connectivity index (χ0v) is 14.5. The van der Waals surface area contributed by atoms with Crippen LogP contribution in [-0.2, 0) is 10.0 Å². The minimum atomic E-state index is -3.71. The highest BCUT2D eigenvalue weighted by Crippen LogP contribution is 2.26. The zero-order chi connectivity index (χ0) is 14.9. The summed E-state index contributed by atoms with van der Waals surface area (Å²) in [6.45, 7) is 1.89. The molecule has 0 aliphatic carbocycles. The van der Waals surface area contributed by atoms with Crippen LogP contribution in [0.2, 0.25) is 0 Å². The summed E-state index contributed by atoms with van der Waals surface area (Å²) in [5.41, 5.74) is 7.39. The van der Waals surface area contributed by atoms with E-state index in [0.717, 1.165) is 14.5 Å². The monoisotopic (exact) mass is 418 g/mol. The third-order valence-electron chi connectivity index (χ3n) is 2.56. The molecule has 0 saturated heterocycles. The standard InChI is InChI=1S/C13H12Br2N2O2S/c1-8-4-10(15)6-11(5-8)17-20(18,19)13-3-2-9(14)7-12(13)16/h2-7,17H,16H2,1H3. The van der Waals surface area contributed by atoms with Crippen LogP contribution in [0.25, 0.3) is 0 Å². The number of anilines is 2. The number of hydrogen-bond acceptors (Lipinski definition) is 3. The van der Waals surface area contributed by atoms with Gasteiger partial charge >= 0.3 is 0 Å². The van der Waals surface area contributed by atoms with E-state index in [4.69, 9.17) is 5.73 Å². The predicted molar refractivity (Wildman–Crippen MR) is 88.2 cm³/mol. The minimum Gasteiger partial charge on any atom is -0.398 e. The fourth-order valence-electron chi connectivity index (χ4n) is 1.77. The highest BCUT2D eigenvalue weighted by molar-refractivity contribution is 9.10. The van der Waals surface area contributed by atoms with Gasteiger partial charge in [-0.05, 0) is 48.9 Å². The Morgan fingerprint density at radius 3 is 2.35 bits per heavy atom. The molecule has 0 saturated carbocycles. The molecule has 7 heteroatoms. The summed E-state index contributed by atoms with van der Waals surface area (Å²) in [5, 5.41) is 0. The topological polar surface area (TPSA) is 72.2 Å². The maximum absolute atomic E-state index is 12.3. The lowest BCUT2D eigenvalue weighted by atomic mass is 10.2. The number of hydrogen-bond donors (Lipinski definition) is 2. The van der Waals surface area contributed by atoms with Crippen LogP contribution in [0.15, 0.2) is 50.2 Å². The van der Waals surface area contributed by atoms with Gasteiger partial charge in [-0.15, -0.1) is 0 Å². The molecule has 106 valence electrons. The lowest BCUT2D eigenvalue weighted by molar-refractivity contribution is 0.601. The average Bonchev–Trinajstić information content (AvgIpc) is 2.25. The van der Waals surface area contributed by atoms with Gasteiger partial charge in [-0.2, -0.15) is 0 Å². The first-order chi connectivity index (χ1) is 9.28. The van der Waals surface area contributed by atoms with Gasteiger partial charge in [0.05, 0.1) is 11.4 Å². The summed E-state index contributed by atoms with van der Waals surface area (Å²) in [6.07, 6.45) is 0.